The lowest BCUT2D eigenvalue weighted by atomic mass is 10.0. The van der Waals surface area contributed by atoms with E-state index in [0.717, 1.165) is 70.8 Å². The number of likely N-dealkylation sites (tertiary alicyclic amines) is 1. The lowest BCUT2D eigenvalue weighted by molar-refractivity contribution is 0.0221. The number of urea groups is 1. The monoisotopic (exact) mass is 349 g/mol. The normalized spacial score (nSPS) is 22.1. The highest BCUT2D eigenvalue weighted by molar-refractivity contribution is 5.74. The molecule has 3 rings (SSSR count). The molecule has 1 atom stereocenters. The summed E-state index contributed by atoms with van der Waals surface area (Å²) in [6.07, 6.45) is 8.33. The van der Waals surface area contributed by atoms with Crippen molar-refractivity contribution in [2.24, 2.45) is 0 Å². The first-order valence-electron chi connectivity index (χ1n) is 9.62. The van der Waals surface area contributed by atoms with E-state index in [2.05, 4.69) is 22.2 Å². The summed E-state index contributed by atoms with van der Waals surface area (Å²) >= 11 is 0. The molecule has 2 saturated heterocycles. The SMILES string of the molecule is CCCn1cc(CNC(=O)N2CCCCC2CN2CCOCC2)cn1. The molecule has 1 aromatic rings. The van der Waals surface area contributed by atoms with Crippen molar-refractivity contribution in [2.45, 2.75) is 51.7 Å². The van der Waals surface area contributed by atoms with Gasteiger partial charge in [-0.3, -0.25) is 9.58 Å². The highest BCUT2D eigenvalue weighted by atomic mass is 16.5. The molecule has 0 bridgehead atoms. The Bertz CT molecular complexity index is 541. The molecule has 140 valence electrons. The summed E-state index contributed by atoms with van der Waals surface area (Å²) in [5.41, 5.74) is 1.06. The minimum Gasteiger partial charge on any atom is -0.379 e. The van der Waals surface area contributed by atoms with Crippen LogP contribution in [0.3, 0.4) is 0 Å². The first-order chi connectivity index (χ1) is 12.3. The summed E-state index contributed by atoms with van der Waals surface area (Å²) in [5, 5.41) is 7.40. The van der Waals surface area contributed by atoms with Crippen molar-refractivity contribution in [1.82, 2.24) is 24.9 Å². The molecular formula is C18H31N5O2. The molecule has 2 amide bonds. The van der Waals surface area contributed by atoms with E-state index in [4.69, 9.17) is 4.74 Å². The smallest absolute Gasteiger partial charge is 0.317 e. The van der Waals surface area contributed by atoms with Crippen molar-refractivity contribution < 1.29 is 9.53 Å². The number of piperidine rings is 1. The molecule has 7 heteroatoms. The number of ether oxygens (including phenoxy) is 1. The Kier molecular flexibility index (Phi) is 6.69. The van der Waals surface area contributed by atoms with Gasteiger partial charge >= 0.3 is 6.03 Å². The Balaban J connectivity index is 1.50. The van der Waals surface area contributed by atoms with Gasteiger partial charge in [0.2, 0.25) is 0 Å². The van der Waals surface area contributed by atoms with E-state index in [1.165, 1.54) is 6.42 Å². The van der Waals surface area contributed by atoms with Gasteiger partial charge in [-0.2, -0.15) is 5.10 Å². The number of carbonyl (C=O) groups is 1. The van der Waals surface area contributed by atoms with Gasteiger partial charge in [-0.15, -0.1) is 0 Å². The largest absolute Gasteiger partial charge is 0.379 e. The maximum absolute atomic E-state index is 12.7. The second kappa shape index (κ2) is 9.20. The van der Waals surface area contributed by atoms with Gasteiger partial charge < -0.3 is 15.0 Å². The standard InChI is InChI=1S/C18H31N5O2/c1-2-6-22-14-16(13-20-22)12-19-18(24)23-7-4-3-5-17(23)15-21-8-10-25-11-9-21/h13-14,17H,2-12,15H2,1H3,(H,19,24). The predicted octanol–water partition coefficient (Wildman–Crippen LogP) is 1.69. The van der Waals surface area contributed by atoms with Crippen LogP contribution in [0.4, 0.5) is 4.79 Å². The lowest BCUT2D eigenvalue weighted by Gasteiger charge is -2.39. The van der Waals surface area contributed by atoms with Gasteiger partial charge in [0.1, 0.15) is 0 Å². The molecule has 0 aromatic carbocycles. The van der Waals surface area contributed by atoms with E-state index in [1.54, 1.807) is 0 Å². The topological polar surface area (TPSA) is 62.6 Å². The van der Waals surface area contributed by atoms with Gasteiger partial charge in [-0.1, -0.05) is 6.92 Å². The third-order valence-corrected chi connectivity index (χ3v) is 5.04. The fraction of sp³-hybridized carbons (Fsp3) is 0.778. The Hall–Kier alpha value is -1.60. The molecule has 2 aliphatic rings. The Morgan fingerprint density at radius 3 is 2.96 bits per heavy atom. The van der Waals surface area contributed by atoms with Crippen molar-refractivity contribution in [3.63, 3.8) is 0 Å². The summed E-state index contributed by atoms with van der Waals surface area (Å²) in [7, 11) is 0. The first-order valence-corrected chi connectivity index (χ1v) is 9.62. The van der Waals surface area contributed by atoms with Gasteiger partial charge in [-0.25, -0.2) is 4.79 Å². The van der Waals surface area contributed by atoms with Crippen LogP contribution in [0.25, 0.3) is 0 Å². The number of amides is 2. The molecule has 3 heterocycles. The number of nitrogens with one attached hydrogen (secondary N) is 1. The molecular weight excluding hydrogens is 318 g/mol. The van der Waals surface area contributed by atoms with E-state index < -0.39 is 0 Å². The van der Waals surface area contributed by atoms with Crippen LogP contribution < -0.4 is 5.32 Å². The number of aromatic nitrogens is 2. The van der Waals surface area contributed by atoms with Crippen molar-refractivity contribution in [3.8, 4) is 0 Å². The number of hydrogen-bond donors (Lipinski definition) is 1. The Labute approximate surface area is 150 Å². The van der Waals surface area contributed by atoms with Crippen LogP contribution in [-0.2, 0) is 17.8 Å². The molecule has 25 heavy (non-hydrogen) atoms. The van der Waals surface area contributed by atoms with Gasteiger partial charge in [0.05, 0.1) is 19.4 Å². The molecule has 2 fully saturated rings. The van der Waals surface area contributed by atoms with Crippen LogP contribution in [0.15, 0.2) is 12.4 Å². The zero-order valence-electron chi connectivity index (χ0n) is 15.3. The highest BCUT2D eigenvalue weighted by Gasteiger charge is 2.28. The third kappa shape index (κ3) is 5.19. The molecule has 0 radical (unpaired) electrons. The van der Waals surface area contributed by atoms with Crippen LogP contribution in [0.5, 0.6) is 0 Å². The molecule has 0 spiro atoms. The maximum Gasteiger partial charge on any atom is 0.317 e. The number of rotatable bonds is 6. The average Bonchev–Trinajstić information content (AvgIpc) is 3.09. The summed E-state index contributed by atoms with van der Waals surface area (Å²) in [6, 6.07) is 0.371. The van der Waals surface area contributed by atoms with Crippen LogP contribution in [0, 0.1) is 0 Å². The number of nitrogens with zero attached hydrogens (tertiary/aromatic N) is 4. The minimum absolute atomic E-state index is 0.0567. The average molecular weight is 349 g/mol. The summed E-state index contributed by atoms with van der Waals surface area (Å²) < 4.78 is 7.36. The van der Waals surface area contributed by atoms with Crippen molar-refractivity contribution in [2.75, 3.05) is 39.4 Å². The molecule has 1 aromatic heterocycles. The molecule has 1 N–H and O–H groups in total. The lowest BCUT2D eigenvalue weighted by Crippen LogP contribution is -2.53. The fourth-order valence-electron chi connectivity index (χ4n) is 3.67. The number of carbonyl (C=O) groups excluding carboxylic acids is 1. The van der Waals surface area contributed by atoms with Gasteiger partial charge in [0, 0.05) is 57.1 Å². The van der Waals surface area contributed by atoms with Crippen LogP contribution in [-0.4, -0.2) is 71.0 Å². The van der Waals surface area contributed by atoms with E-state index in [9.17, 15) is 4.79 Å². The molecule has 2 aliphatic heterocycles. The minimum atomic E-state index is 0.0567. The van der Waals surface area contributed by atoms with Crippen LogP contribution in [0.1, 0.15) is 38.2 Å². The summed E-state index contributed by atoms with van der Waals surface area (Å²) in [5.74, 6) is 0. The van der Waals surface area contributed by atoms with E-state index in [0.29, 0.717) is 12.6 Å². The molecule has 7 nitrogen and oxygen atoms in total. The zero-order chi connectivity index (χ0) is 17.5. The number of morpholine rings is 1. The number of hydrogen-bond acceptors (Lipinski definition) is 4. The van der Waals surface area contributed by atoms with E-state index in [-0.39, 0.29) is 6.03 Å². The maximum atomic E-state index is 12.7. The summed E-state index contributed by atoms with van der Waals surface area (Å²) in [6.45, 7) is 8.98. The third-order valence-electron chi connectivity index (χ3n) is 5.04. The molecule has 0 aliphatic carbocycles. The van der Waals surface area contributed by atoms with Crippen LogP contribution in [0.2, 0.25) is 0 Å². The Morgan fingerprint density at radius 1 is 1.32 bits per heavy atom. The fourth-order valence-corrected chi connectivity index (χ4v) is 3.67. The van der Waals surface area contributed by atoms with Crippen LogP contribution >= 0.6 is 0 Å². The number of aryl methyl sites for hydroxylation is 1. The zero-order valence-corrected chi connectivity index (χ0v) is 15.3. The van der Waals surface area contributed by atoms with Gasteiger partial charge in [-0.05, 0) is 25.7 Å². The van der Waals surface area contributed by atoms with E-state index in [1.807, 2.05) is 22.0 Å². The van der Waals surface area contributed by atoms with Crippen molar-refractivity contribution in [1.29, 1.82) is 0 Å². The summed E-state index contributed by atoms with van der Waals surface area (Å²) in [4.78, 5) is 17.2. The first kappa shape index (κ1) is 18.2. The second-order valence-electron chi connectivity index (χ2n) is 7.03. The van der Waals surface area contributed by atoms with E-state index >= 15 is 0 Å². The Morgan fingerprint density at radius 2 is 2.16 bits per heavy atom. The van der Waals surface area contributed by atoms with Gasteiger partial charge in [0.15, 0.2) is 0 Å². The molecule has 1 unspecified atom stereocenters. The highest BCUT2D eigenvalue weighted by Crippen LogP contribution is 2.19. The second-order valence-corrected chi connectivity index (χ2v) is 7.03. The van der Waals surface area contributed by atoms with Crippen molar-refractivity contribution >= 4 is 6.03 Å². The molecule has 0 saturated carbocycles. The quantitative estimate of drug-likeness (QED) is 0.849. The predicted molar refractivity (Wildman–Crippen MR) is 96.4 cm³/mol. The van der Waals surface area contributed by atoms with Gasteiger partial charge in [0.25, 0.3) is 0 Å². The van der Waals surface area contributed by atoms with Crippen molar-refractivity contribution in [3.05, 3.63) is 18.0 Å².